The van der Waals surface area contributed by atoms with Crippen molar-refractivity contribution in [2.75, 3.05) is 13.1 Å². The summed E-state index contributed by atoms with van der Waals surface area (Å²) in [6.07, 6.45) is 2.64. The maximum atomic E-state index is 12.6. The van der Waals surface area contributed by atoms with Gasteiger partial charge in [0.15, 0.2) is 0 Å². The van der Waals surface area contributed by atoms with E-state index in [9.17, 15) is 14.7 Å². The molecule has 1 aromatic carbocycles. The normalized spacial score (nSPS) is 17.5. The van der Waals surface area contributed by atoms with E-state index in [1.807, 2.05) is 37.3 Å². The molecule has 27 heavy (non-hydrogen) atoms. The van der Waals surface area contributed by atoms with Gasteiger partial charge in [-0.2, -0.15) is 0 Å². The number of amides is 1. The van der Waals surface area contributed by atoms with Crippen molar-refractivity contribution in [1.82, 2.24) is 14.5 Å². The number of carbonyl (C=O) groups is 1. The Labute approximate surface area is 163 Å². The van der Waals surface area contributed by atoms with Crippen LogP contribution in [-0.4, -0.2) is 44.2 Å². The third-order valence-corrected chi connectivity index (χ3v) is 5.41. The molecule has 144 valence electrons. The highest BCUT2D eigenvalue weighted by Crippen LogP contribution is 2.26. The lowest BCUT2D eigenvalue weighted by Crippen LogP contribution is -2.49. The molecule has 3 rings (SSSR count). The Morgan fingerprint density at radius 3 is 2.59 bits per heavy atom. The van der Waals surface area contributed by atoms with Gasteiger partial charge in [0.05, 0.1) is 18.5 Å². The summed E-state index contributed by atoms with van der Waals surface area (Å²) in [5.74, 6) is 0.247. The minimum absolute atomic E-state index is 0.0960. The Morgan fingerprint density at radius 1 is 1.30 bits per heavy atom. The SMILES string of the molecule is C[C@H](CC(=O)N1CCC(O)(Cn2cnc(Cl)cc2=O)CC1)c1ccccc1. The van der Waals surface area contributed by atoms with Crippen LogP contribution in [0.2, 0.25) is 5.15 Å². The fourth-order valence-corrected chi connectivity index (χ4v) is 3.60. The Kier molecular flexibility index (Phi) is 5.97. The maximum Gasteiger partial charge on any atom is 0.254 e. The van der Waals surface area contributed by atoms with Gasteiger partial charge in [-0.05, 0) is 24.3 Å². The maximum absolute atomic E-state index is 12.6. The number of rotatable bonds is 5. The summed E-state index contributed by atoms with van der Waals surface area (Å²) in [7, 11) is 0. The number of benzene rings is 1. The average Bonchev–Trinajstić information content (AvgIpc) is 2.65. The number of piperidine rings is 1. The zero-order valence-corrected chi connectivity index (χ0v) is 16.1. The van der Waals surface area contributed by atoms with Crippen LogP contribution in [0.1, 0.15) is 37.7 Å². The van der Waals surface area contributed by atoms with Crippen LogP contribution in [0.25, 0.3) is 0 Å². The van der Waals surface area contributed by atoms with Crippen molar-refractivity contribution in [1.29, 1.82) is 0 Å². The van der Waals surface area contributed by atoms with E-state index in [0.717, 1.165) is 5.56 Å². The molecule has 7 heteroatoms. The van der Waals surface area contributed by atoms with Crippen LogP contribution in [0.3, 0.4) is 0 Å². The predicted octanol–water partition coefficient (Wildman–Crippen LogP) is 2.44. The van der Waals surface area contributed by atoms with E-state index >= 15 is 0 Å². The van der Waals surface area contributed by atoms with Crippen molar-refractivity contribution < 1.29 is 9.90 Å². The van der Waals surface area contributed by atoms with Crippen molar-refractivity contribution >= 4 is 17.5 Å². The fourth-order valence-electron chi connectivity index (χ4n) is 3.46. The van der Waals surface area contributed by atoms with Gasteiger partial charge in [-0.3, -0.25) is 14.2 Å². The number of aliphatic hydroxyl groups is 1. The molecule has 0 radical (unpaired) electrons. The van der Waals surface area contributed by atoms with Gasteiger partial charge < -0.3 is 10.0 Å². The Balaban J connectivity index is 1.56. The van der Waals surface area contributed by atoms with Gasteiger partial charge in [0, 0.05) is 25.6 Å². The van der Waals surface area contributed by atoms with Crippen molar-refractivity contribution in [3.8, 4) is 0 Å². The number of likely N-dealkylation sites (tertiary alicyclic amines) is 1. The van der Waals surface area contributed by atoms with E-state index in [1.165, 1.54) is 17.0 Å². The van der Waals surface area contributed by atoms with Crippen LogP contribution in [0.15, 0.2) is 47.5 Å². The minimum atomic E-state index is -1.03. The molecular formula is C20H24ClN3O3. The summed E-state index contributed by atoms with van der Waals surface area (Å²) in [5.41, 5.74) is -0.172. The number of carbonyl (C=O) groups excluding carboxylic acids is 1. The van der Waals surface area contributed by atoms with E-state index in [-0.39, 0.29) is 29.1 Å². The van der Waals surface area contributed by atoms with Gasteiger partial charge in [0.1, 0.15) is 5.15 Å². The highest BCUT2D eigenvalue weighted by Gasteiger charge is 2.34. The van der Waals surface area contributed by atoms with Crippen LogP contribution >= 0.6 is 11.6 Å². The summed E-state index contributed by atoms with van der Waals surface area (Å²) >= 11 is 5.70. The zero-order valence-electron chi connectivity index (χ0n) is 15.3. The summed E-state index contributed by atoms with van der Waals surface area (Å²) in [6.45, 7) is 3.16. The summed E-state index contributed by atoms with van der Waals surface area (Å²) < 4.78 is 1.36. The highest BCUT2D eigenvalue weighted by atomic mass is 35.5. The second-order valence-corrected chi connectivity index (χ2v) is 7.69. The summed E-state index contributed by atoms with van der Waals surface area (Å²) in [4.78, 5) is 30.3. The third kappa shape index (κ3) is 4.96. The van der Waals surface area contributed by atoms with Crippen LogP contribution in [-0.2, 0) is 11.3 Å². The molecule has 1 saturated heterocycles. The van der Waals surface area contributed by atoms with E-state index in [1.54, 1.807) is 4.90 Å². The van der Waals surface area contributed by atoms with Crippen LogP contribution in [0, 0.1) is 0 Å². The molecule has 1 N–H and O–H groups in total. The van der Waals surface area contributed by atoms with Crippen molar-refractivity contribution in [2.45, 2.75) is 44.2 Å². The molecule has 0 aliphatic carbocycles. The molecule has 1 fully saturated rings. The van der Waals surface area contributed by atoms with Crippen molar-refractivity contribution in [2.24, 2.45) is 0 Å². The standard InChI is InChI=1S/C20H24ClN3O3/c1-15(16-5-3-2-4-6-16)11-18(25)23-9-7-20(27,8-10-23)13-24-14-22-17(21)12-19(24)26/h2-6,12,14-15,27H,7-11,13H2,1H3/t15-/m1/s1. The first kappa shape index (κ1) is 19.6. The lowest BCUT2D eigenvalue weighted by Gasteiger charge is -2.38. The lowest BCUT2D eigenvalue weighted by molar-refractivity contribution is -0.136. The quantitative estimate of drug-likeness (QED) is 0.797. The molecule has 0 spiro atoms. The number of hydrogen-bond acceptors (Lipinski definition) is 4. The molecule has 1 aliphatic rings. The summed E-state index contributed by atoms with van der Waals surface area (Å²) in [6, 6.07) is 11.2. The van der Waals surface area contributed by atoms with Gasteiger partial charge >= 0.3 is 0 Å². The first-order valence-electron chi connectivity index (χ1n) is 9.13. The number of nitrogens with zero attached hydrogens (tertiary/aromatic N) is 3. The molecule has 0 unspecified atom stereocenters. The van der Waals surface area contributed by atoms with Gasteiger partial charge in [-0.1, -0.05) is 48.9 Å². The molecule has 2 aromatic rings. The Hall–Kier alpha value is -2.18. The lowest BCUT2D eigenvalue weighted by atomic mass is 9.90. The molecule has 0 saturated carbocycles. The Bertz CT molecular complexity index is 845. The molecule has 1 atom stereocenters. The number of halogens is 1. The number of hydrogen-bond donors (Lipinski definition) is 1. The number of aromatic nitrogens is 2. The van der Waals surface area contributed by atoms with E-state index < -0.39 is 5.60 Å². The Morgan fingerprint density at radius 2 is 1.96 bits per heavy atom. The second-order valence-electron chi connectivity index (χ2n) is 7.30. The summed E-state index contributed by atoms with van der Waals surface area (Å²) in [5, 5.41) is 11.0. The van der Waals surface area contributed by atoms with Crippen LogP contribution < -0.4 is 5.56 Å². The van der Waals surface area contributed by atoms with E-state index in [0.29, 0.717) is 32.4 Å². The molecule has 1 amide bonds. The van der Waals surface area contributed by atoms with Gasteiger partial charge in [0.2, 0.25) is 5.91 Å². The molecule has 1 aliphatic heterocycles. The first-order valence-corrected chi connectivity index (χ1v) is 9.51. The molecule has 6 nitrogen and oxygen atoms in total. The largest absolute Gasteiger partial charge is 0.388 e. The smallest absolute Gasteiger partial charge is 0.254 e. The van der Waals surface area contributed by atoms with Gasteiger partial charge in [-0.25, -0.2) is 4.98 Å². The predicted molar refractivity (Wildman–Crippen MR) is 104 cm³/mol. The molecule has 0 bridgehead atoms. The van der Waals surface area contributed by atoms with E-state index in [4.69, 9.17) is 11.6 Å². The van der Waals surface area contributed by atoms with E-state index in [2.05, 4.69) is 4.98 Å². The second kappa shape index (κ2) is 8.23. The molecular weight excluding hydrogens is 366 g/mol. The first-order chi connectivity index (χ1) is 12.9. The van der Waals surface area contributed by atoms with Crippen molar-refractivity contribution in [3.63, 3.8) is 0 Å². The molecule has 2 heterocycles. The minimum Gasteiger partial charge on any atom is -0.388 e. The third-order valence-electron chi connectivity index (χ3n) is 5.21. The average molecular weight is 390 g/mol. The van der Waals surface area contributed by atoms with Crippen LogP contribution in [0.4, 0.5) is 0 Å². The van der Waals surface area contributed by atoms with Crippen LogP contribution in [0.5, 0.6) is 0 Å². The topological polar surface area (TPSA) is 75.4 Å². The highest BCUT2D eigenvalue weighted by molar-refractivity contribution is 6.29. The van der Waals surface area contributed by atoms with Gasteiger partial charge in [0.25, 0.3) is 5.56 Å². The molecule has 1 aromatic heterocycles. The van der Waals surface area contributed by atoms with Gasteiger partial charge in [-0.15, -0.1) is 0 Å². The zero-order chi connectivity index (χ0) is 19.4. The monoisotopic (exact) mass is 389 g/mol. The van der Waals surface area contributed by atoms with Crippen molar-refractivity contribution in [3.05, 3.63) is 63.8 Å². The fraction of sp³-hybridized carbons (Fsp3) is 0.450.